The first-order valence-electron chi connectivity index (χ1n) is 5.71. The van der Waals surface area contributed by atoms with E-state index in [1.54, 1.807) is 0 Å². The fourth-order valence-corrected chi connectivity index (χ4v) is 1.27. The van der Waals surface area contributed by atoms with Crippen LogP contribution in [-0.4, -0.2) is 42.8 Å². The van der Waals surface area contributed by atoms with E-state index >= 15 is 0 Å². The van der Waals surface area contributed by atoms with Gasteiger partial charge < -0.3 is 20.9 Å². The highest BCUT2D eigenvalue weighted by molar-refractivity contribution is 5.86. The Morgan fingerprint density at radius 1 is 1.47 bits per heavy atom. The number of hydrogen-bond acceptors (Lipinski definition) is 4. The van der Waals surface area contributed by atoms with Gasteiger partial charge in [0.1, 0.15) is 6.04 Å². The molecular formula is C11H22N2O4. The van der Waals surface area contributed by atoms with Crippen LogP contribution in [0.5, 0.6) is 0 Å². The number of amides is 1. The first kappa shape index (κ1) is 15.9. The molecule has 0 aromatic heterocycles. The molecule has 0 aromatic carbocycles. The molecular weight excluding hydrogens is 224 g/mol. The van der Waals surface area contributed by atoms with Crippen molar-refractivity contribution in [1.29, 1.82) is 0 Å². The Labute approximate surface area is 102 Å². The Bertz CT molecular complexity index is 258. The molecule has 6 heteroatoms. The number of aliphatic carboxylic acids is 1. The average Bonchev–Trinajstić information content (AvgIpc) is 2.31. The van der Waals surface area contributed by atoms with Crippen LogP contribution in [0.3, 0.4) is 0 Å². The highest BCUT2D eigenvalue weighted by atomic mass is 16.5. The second-order valence-electron chi connectivity index (χ2n) is 4.09. The zero-order chi connectivity index (χ0) is 13.4. The number of nitrogens with two attached hydrogens (primary N) is 1. The molecule has 0 rings (SSSR count). The van der Waals surface area contributed by atoms with Gasteiger partial charge in [-0.1, -0.05) is 20.3 Å². The molecule has 6 nitrogen and oxygen atoms in total. The Balaban J connectivity index is 4.34. The van der Waals surface area contributed by atoms with E-state index in [-0.39, 0.29) is 18.9 Å². The molecule has 3 unspecified atom stereocenters. The van der Waals surface area contributed by atoms with Crippen molar-refractivity contribution in [3.8, 4) is 0 Å². The summed E-state index contributed by atoms with van der Waals surface area (Å²) in [4.78, 5) is 22.6. The van der Waals surface area contributed by atoms with Crippen LogP contribution in [-0.2, 0) is 14.3 Å². The van der Waals surface area contributed by atoms with Crippen LogP contribution >= 0.6 is 0 Å². The quantitative estimate of drug-likeness (QED) is 0.558. The summed E-state index contributed by atoms with van der Waals surface area (Å²) in [7, 11) is 1.48. The van der Waals surface area contributed by atoms with Crippen LogP contribution in [0.1, 0.15) is 26.7 Å². The van der Waals surface area contributed by atoms with Crippen molar-refractivity contribution < 1.29 is 19.4 Å². The van der Waals surface area contributed by atoms with Crippen molar-refractivity contribution in [2.45, 2.75) is 38.8 Å². The lowest BCUT2D eigenvalue weighted by Gasteiger charge is -2.21. The number of nitrogens with one attached hydrogen (secondary N) is 1. The van der Waals surface area contributed by atoms with Gasteiger partial charge >= 0.3 is 5.97 Å². The minimum atomic E-state index is -1.08. The Kier molecular flexibility index (Phi) is 7.49. The minimum absolute atomic E-state index is 0.0203. The molecule has 0 aliphatic rings. The van der Waals surface area contributed by atoms with E-state index in [1.165, 1.54) is 7.11 Å². The molecule has 0 saturated carbocycles. The van der Waals surface area contributed by atoms with E-state index in [4.69, 9.17) is 15.6 Å². The van der Waals surface area contributed by atoms with Crippen LogP contribution in [0, 0.1) is 5.92 Å². The van der Waals surface area contributed by atoms with Gasteiger partial charge in [0.05, 0.1) is 6.04 Å². The van der Waals surface area contributed by atoms with E-state index in [1.807, 2.05) is 13.8 Å². The van der Waals surface area contributed by atoms with Crippen molar-refractivity contribution in [2.24, 2.45) is 11.7 Å². The lowest BCUT2D eigenvalue weighted by atomic mass is 9.99. The number of carboxylic acids is 1. The fourth-order valence-electron chi connectivity index (χ4n) is 1.27. The van der Waals surface area contributed by atoms with E-state index in [9.17, 15) is 9.59 Å². The maximum Gasteiger partial charge on any atom is 0.326 e. The average molecular weight is 246 g/mol. The molecule has 0 radical (unpaired) electrons. The van der Waals surface area contributed by atoms with Crippen LogP contribution in [0.4, 0.5) is 0 Å². The number of methoxy groups -OCH3 is 1. The summed E-state index contributed by atoms with van der Waals surface area (Å²) in [5.41, 5.74) is 5.71. The van der Waals surface area contributed by atoms with Crippen molar-refractivity contribution >= 4 is 11.9 Å². The van der Waals surface area contributed by atoms with E-state index in [0.29, 0.717) is 0 Å². The van der Waals surface area contributed by atoms with Gasteiger partial charge in [0, 0.05) is 20.1 Å². The molecule has 1 amide bonds. The summed E-state index contributed by atoms with van der Waals surface area (Å²) >= 11 is 0. The van der Waals surface area contributed by atoms with Gasteiger partial charge in [-0.25, -0.2) is 4.79 Å². The Morgan fingerprint density at radius 2 is 2.06 bits per heavy atom. The largest absolute Gasteiger partial charge is 0.480 e. The van der Waals surface area contributed by atoms with Gasteiger partial charge in [-0.2, -0.15) is 0 Å². The summed E-state index contributed by atoms with van der Waals surface area (Å²) in [6.45, 7) is 4.06. The van der Waals surface area contributed by atoms with Crippen molar-refractivity contribution in [3.05, 3.63) is 0 Å². The maximum absolute atomic E-state index is 11.7. The molecule has 100 valence electrons. The van der Waals surface area contributed by atoms with Gasteiger partial charge in [0.15, 0.2) is 0 Å². The third kappa shape index (κ3) is 5.65. The first-order chi connectivity index (χ1) is 7.93. The summed E-state index contributed by atoms with van der Waals surface area (Å²) in [5.74, 6) is -1.48. The second-order valence-corrected chi connectivity index (χ2v) is 4.09. The third-order valence-corrected chi connectivity index (χ3v) is 2.78. The van der Waals surface area contributed by atoms with Crippen LogP contribution in [0.25, 0.3) is 0 Å². The van der Waals surface area contributed by atoms with Crippen molar-refractivity contribution in [2.75, 3.05) is 13.7 Å². The molecule has 0 aliphatic heterocycles. The molecule has 0 heterocycles. The number of carbonyl (C=O) groups excluding carboxylic acids is 1. The van der Waals surface area contributed by atoms with Gasteiger partial charge in [0.25, 0.3) is 0 Å². The third-order valence-electron chi connectivity index (χ3n) is 2.78. The minimum Gasteiger partial charge on any atom is -0.480 e. The summed E-state index contributed by atoms with van der Waals surface area (Å²) in [6, 6.07) is -1.62. The molecule has 0 saturated heterocycles. The van der Waals surface area contributed by atoms with Gasteiger partial charge in [-0.3, -0.25) is 4.79 Å². The Morgan fingerprint density at radius 3 is 2.47 bits per heavy atom. The number of carboxylic acid groups (broad SMARTS) is 1. The number of ether oxygens (including phenoxy) is 1. The van der Waals surface area contributed by atoms with Crippen LogP contribution in [0.2, 0.25) is 0 Å². The summed E-state index contributed by atoms with van der Waals surface area (Å²) in [6.07, 6.45) is 0.995. The monoisotopic (exact) mass is 246 g/mol. The normalized spacial score (nSPS) is 16.0. The van der Waals surface area contributed by atoms with Crippen LogP contribution in [0.15, 0.2) is 0 Å². The lowest BCUT2D eigenvalue weighted by Crippen LogP contribution is -2.50. The molecule has 0 fully saturated rings. The van der Waals surface area contributed by atoms with Crippen LogP contribution < -0.4 is 11.1 Å². The van der Waals surface area contributed by atoms with Gasteiger partial charge in [-0.05, 0) is 5.92 Å². The highest BCUT2D eigenvalue weighted by Crippen LogP contribution is 2.06. The second kappa shape index (κ2) is 8.03. The first-order valence-corrected chi connectivity index (χ1v) is 5.71. The standard InChI is InChI=1S/C11H22N2O4/c1-4-7(2)9(12)10(14)13-8(11(15)16)5-6-17-3/h7-9H,4-6,12H2,1-3H3,(H,13,14)(H,15,16). The van der Waals surface area contributed by atoms with E-state index in [0.717, 1.165) is 6.42 Å². The number of carbonyl (C=O) groups is 2. The van der Waals surface area contributed by atoms with E-state index < -0.39 is 24.0 Å². The summed E-state index contributed by atoms with van der Waals surface area (Å²) < 4.78 is 4.79. The summed E-state index contributed by atoms with van der Waals surface area (Å²) in [5, 5.41) is 11.3. The number of rotatable bonds is 8. The SMILES string of the molecule is CCC(C)C(N)C(=O)NC(CCOC)C(=O)O. The topological polar surface area (TPSA) is 102 Å². The molecule has 3 atom stereocenters. The fraction of sp³-hybridized carbons (Fsp3) is 0.818. The van der Waals surface area contributed by atoms with E-state index in [2.05, 4.69) is 5.32 Å². The maximum atomic E-state index is 11.7. The zero-order valence-electron chi connectivity index (χ0n) is 10.6. The zero-order valence-corrected chi connectivity index (χ0v) is 10.6. The molecule has 0 spiro atoms. The molecule has 0 bridgehead atoms. The van der Waals surface area contributed by atoms with Crippen molar-refractivity contribution in [3.63, 3.8) is 0 Å². The van der Waals surface area contributed by atoms with Gasteiger partial charge in [0.2, 0.25) is 5.91 Å². The lowest BCUT2D eigenvalue weighted by molar-refractivity contribution is -0.142. The predicted octanol–water partition coefficient (Wildman–Crippen LogP) is -0.0343. The molecule has 0 aliphatic carbocycles. The van der Waals surface area contributed by atoms with Gasteiger partial charge in [-0.15, -0.1) is 0 Å². The molecule has 0 aromatic rings. The predicted molar refractivity (Wildman–Crippen MR) is 63.5 cm³/mol. The smallest absolute Gasteiger partial charge is 0.326 e. The Hall–Kier alpha value is -1.14. The molecule has 4 N–H and O–H groups in total. The van der Waals surface area contributed by atoms with Crippen molar-refractivity contribution in [1.82, 2.24) is 5.32 Å². The highest BCUT2D eigenvalue weighted by Gasteiger charge is 2.25. The molecule has 17 heavy (non-hydrogen) atoms. The number of hydrogen-bond donors (Lipinski definition) is 3.